The first kappa shape index (κ1) is 14.8. The molecule has 0 unspecified atom stereocenters. The Labute approximate surface area is 124 Å². The van der Waals surface area contributed by atoms with Crippen LogP contribution in [0.25, 0.3) is 0 Å². The zero-order valence-corrected chi connectivity index (χ0v) is 12.3. The predicted octanol–water partition coefficient (Wildman–Crippen LogP) is 2.42. The van der Waals surface area contributed by atoms with Gasteiger partial charge in [-0.25, -0.2) is 0 Å². The Kier molecular flexibility index (Phi) is 4.38. The lowest BCUT2D eigenvalue weighted by atomic mass is 10.0. The Bertz CT molecular complexity index is 683. The van der Waals surface area contributed by atoms with Crippen LogP contribution in [0.1, 0.15) is 32.6 Å². The number of rotatable bonds is 4. The second kappa shape index (κ2) is 6.22. The first-order valence-corrected chi connectivity index (χ1v) is 6.65. The minimum atomic E-state index is -1.20. The lowest BCUT2D eigenvalue weighted by Crippen LogP contribution is -2.22. The van der Waals surface area contributed by atoms with Crippen LogP contribution in [0, 0.1) is 20.8 Å². The Morgan fingerprint density at radius 3 is 2.43 bits per heavy atom. The van der Waals surface area contributed by atoms with E-state index in [0.29, 0.717) is 5.69 Å². The fraction of sp³-hybridized carbons (Fsp3) is 0.176. The van der Waals surface area contributed by atoms with E-state index in [9.17, 15) is 9.90 Å². The highest BCUT2D eigenvalue weighted by molar-refractivity contribution is 5.87. The molecule has 0 heterocycles. The number of nitrogens with zero attached hydrogens (tertiary/aromatic N) is 1. The molecule has 0 amide bonds. The predicted molar refractivity (Wildman–Crippen MR) is 82.6 cm³/mol. The summed E-state index contributed by atoms with van der Waals surface area (Å²) in [5.74, 6) is -1.20. The number of aryl methyl sites for hydroxylation is 3. The number of anilines is 1. The van der Waals surface area contributed by atoms with Crippen LogP contribution in [0.4, 0.5) is 5.69 Å². The number of hydrogen-bond donors (Lipinski definition) is 1. The number of carboxylic acid groups (broad SMARTS) is 1. The quantitative estimate of drug-likeness (QED) is 0.691. The van der Waals surface area contributed by atoms with Crippen LogP contribution in [-0.4, -0.2) is 12.2 Å². The van der Waals surface area contributed by atoms with Crippen LogP contribution < -0.4 is 10.5 Å². The molecule has 21 heavy (non-hydrogen) atoms. The second-order valence-electron chi connectivity index (χ2n) is 5.05. The molecule has 0 atom stereocenters. The molecule has 0 aliphatic carbocycles. The summed E-state index contributed by atoms with van der Waals surface area (Å²) in [6, 6.07) is 10.6. The van der Waals surface area contributed by atoms with Crippen molar-refractivity contribution in [2.75, 3.05) is 5.43 Å². The van der Waals surface area contributed by atoms with Gasteiger partial charge in [-0.15, -0.1) is 0 Å². The maximum Gasteiger partial charge on any atom is 0.0716 e. The number of carbonyl (C=O) groups is 1. The minimum Gasteiger partial charge on any atom is -0.545 e. The van der Waals surface area contributed by atoms with Gasteiger partial charge in [-0.1, -0.05) is 29.8 Å². The molecule has 0 aromatic heterocycles. The van der Waals surface area contributed by atoms with E-state index in [4.69, 9.17) is 0 Å². The van der Waals surface area contributed by atoms with E-state index < -0.39 is 5.97 Å². The summed E-state index contributed by atoms with van der Waals surface area (Å²) >= 11 is 0. The van der Waals surface area contributed by atoms with E-state index >= 15 is 0 Å². The summed E-state index contributed by atoms with van der Waals surface area (Å²) in [6.07, 6.45) is 1.75. The average molecular weight is 281 g/mol. The van der Waals surface area contributed by atoms with Gasteiger partial charge in [-0.05, 0) is 49.6 Å². The fourth-order valence-electron chi connectivity index (χ4n) is 2.28. The van der Waals surface area contributed by atoms with Crippen molar-refractivity contribution < 1.29 is 9.90 Å². The van der Waals surface area contributed by atoms with Crippen molar-refractivity contribution in [2.24, 2.45) is 5.10 Å². The summed E-state index contributed by atoms with van der Waals surface area (Å²) in [5.41, 5.74) is 8.15. The maximum absolute atomic E-state index is 10.8. The molecular weight excluding hydrogens is 264 g/mol. The Hall–Kier alpha value is -2.62. The molecule has 0 radical (unpaired) electrons. The van der Waals surface area contributed by atoms with E-state index in [-0.39, 0.29) is 5.56 Å². The van der Waals surface area contributed by atoms with Gasteiger partial charge in [0.1, 0.15) is 0 Å². The molecule has 2 aromatic rings. The van der Waals surface area contributed by atoms with Gasteiger partial charge >= 0.3 is 0 Å². The van der Waals surface area contributed by atoms with Crippen molar-refractivity contribution >= 4 is 17.9 Å². The van der Waals surface area contributed by atoms with Gasteiger partial charge < -0.3 is 9.90 Å². The third kappa shape index (κ3) is 3.69. The number of carbonyl (C=O) groups excluding carboxylic acids is 1. The minimum absolute atomic E-state index is 0.123. The topological polar surface area (TPSA) is 64.5 Å². The third-order valence-electron chi connectivity index (χ3n) is 3.22. The summed E-state index contributed by atoms with van der Waals surface area (Å²) in [4.78, 5) is 10.8. The van der Waals surface area contributed by atoms with Crippen molar-refractivity contribution in [1.82, 2.24) is 0 Å². The van der Waals surface area contributed by atoms with Crippen LogP contribution in [0.15, 0.2) is 41.5 Å². The molecule has 0 spiro atoms. The summed E-state index contributed by atoms with van der Waals surface area (Å²) < 4.78 is 0. The highest BCUT2D eigenvalue weighted by Crippen LogP contribution is 2.15. The highest BCUT2D eigenvalue weighted by atomic mass is 16.4. The average Bonchev–Trinajstić information content (AvgIpc) is 2.42. The molecule has 1 N–H and O–H groups in total. The zero-order valence-electron chi connectivity index (χ0n) is 12.3. The highest BCUT2D eigenvalue weighted by Gasteiger charge is 2.01. The third-order valence-corrected chi connectivity index (χ3v) is 3.22. The van der Waals surface area contributed by atoms with Crippen LogP contribution in [0.2, 0.25) is 0 Å². The van der Waals surface area contributed by atoms with Crippen molar-refractivity contribution in [3.05, 3.63) is 64.2 Å². The van der Waals surface area contributed by atoms with E-state index in [1.807, 2.05) is 13.8 Å². The SMILES string of the molecule is Cc1cc(C)c(/C=N\Nc2cccc(C(=O)[O-])c2)c(C)c1. The molecule has 0 fully saturated rings. The fourth-order valence-corrected chi connectivity index (χ4v) is 2.28. The van der Waals surface area contributed by atoms with E-state index in [0.717, 1.165) is 16.7 Å². The molecule has 0 saturated carbocycles. The van der Waals surface area contributed by atoms with Crippen LogP contribution in [0.3, 0.4) is 0 Å². The van der Waals surface area contributed by atoms with E-state index in [2.05, 4.69) is 29.6 Å². The smallest absolute Gasteiger partial charge is 0.0716 e. The molecule has 4 heteroatoms. The van der Waals surface area contributed by atoms with Gasteiger partial charge in [0.05, 0.1) is 17.9 Å². The van der Waals surface area contributed by atoms with Crippen molar-refractivity contribution in [3.8, 4) is 0 Å². The largest absolute Gasteiger partial charge is 0.545 e. The van der Waals surface area contributed by atoms with Gasteiger partial charge in [-0.3, -0.25) is 5.43 Å². The van der Waals surface area contributed by atoms with Gasteiger partial charge in [0.2, 0.25) is 0 Å². The maximum atomic E-state index is 10.8. The van der Waals surface area contributed by atoms with Gasteiger partial charge in [0, 0.05) is 5.56 Å². The lowest BCUT2D eigenvalue weighted by molar-refractivity contribution is -0.255. The Morgan fingerprint density at radius 1 is 1.14 bits per heavy atom. The van der Waals surface area contributed by atoms with Gasteiger partial charge in [-0.2, -0.15) is 5.10 Å². The monoisotopic (exact) mass is 281 g/mol. The van der Waals surface area contributed by atoms with Crippen LogP contribution >= 0.6 is 0 Å². The second-order valence-corrected chi connectivity index (χ2v) is 5.05. The number of hydrogen-bond acceptors (Lipinski definition) is 4. The summed E-state index contributed by atoms with van der Waals surface area (Å²) in [6.45, 7) is 6.14. The molecule has 0 saturated heterocycles. The van der Waals surface area contributed by atoms with Gasteiger partial charge in [0.15, 0.2) is 0 Å². The number of benzene rings is 2. The van der Waals surface area contributed by atoms with Crippen molar-refractivity contribution in [1.29, 1.82) is 0 Å². The summed E-state index contributed by atoms with van der Waals surface area (Å²) in [5, 5.41) is 15.0. The first-order valence-electron chi connectivity index (χ1n) is 6.65. The zero-order chi connectivity index (χ0) is 15.4. The number of carboxylic acids is 1. The standard InChI is InChI=1S/C17H18N2O2/c1-11-7-12(2)16(13(3)8-11)10-18-19-15-6-4-5-14(9-15)17(20)21/h4-10,19H,1-3H3,(H,20,21)/p-1/b18-10-. The van der Waals surface area contributed by atoms with E-state index in [1.54, 1.807) is 18.3 Å². The molecule has 2 aromatic carbocycles. The van der Waals surface area contributed by atoms with Crippen molar-refractivity contribution in [2.45, 2.75) is 20.8 Å². The van der Waals surface area contributed by atoms with Crippen LogP contribution in [0.5, 0.6) is 0 Å². The molecule has 108 valence electrons. The Morgan fingerprint density at radius 2 is 1.81 bits per heavy atom. The number of aromatic carboxylic acids is 1. The first-order chi connectivity index (χ1) is 9.97. The molecule has 4 nitrogen and oxygen atoms in total. The molecule has 0 aliphatic heterocycles. The number of nitrogens with one attached hydrogen (secondary N) is 1. The van der Waals surface area contributed by atoms with Crippen molar-refractivity contribution in [3.63, 3.8) is 0 Å². The lowest BCUT2D eigenvalue weighted by Gasteiger charge is -2.07. The normalized spacial score (nSPS) is 10.8. The molecular formula is C17H17N2O2-. The molecule has 0 bridgehead atoms. The molecule has 2 rings (SSSR count). The van der Waals surface area contributed by atoms with Gasteiger partial charge in [0.25, 0.3) is 0 Å². The Balaban J connectivity index is 2.16. The van der Waals surface area contributed by atoms with E-state index in [1.165, 1.54) is 17.7 Å². The summed E-state index contributed by atoms with van der Waals surface area (Å²) in [7, 11) is 0. The number of hydrazone groups is 1. The molecule has 0 aliphatic rings. The van der Waals surface area contributed by atoms with Crippen LogP contribution in [-0.2, 0) is 0 Å².